The summed E-state index contributed by atoms with van der Waals surface area (Å²) >= 11 is 0. The first kappa shape index (κ1) is 15.3. The Morgan fingerprint density at radius 3 is 2.26 bits per heavy atom. The molecule has 5 heteroatoms. The van der Waals surface area contributed by atoms with Gasteiger partial charge in [0.1, 0.15) is 0 Å². The fourth-order valence-corrected chi connectivity index (χ4v) is 4.84. The lowest BCUT2D eigenvalue weighted by molar-refractivity contribution is 0.143. The van der Waals surface area contributed by atoms with Gasteiger partial charge in [-0.3, -0.25) is 0 Å². The van der Waals surface area contributed by atoms with Crippen LogP contribution in [0.25, 0.3) is 0 Å². The molecule has 0 aromatic carbocycles. The molecule has 1 saturated carbocycles. The van der Waals surface area contributed by atoms with Crippen molar-refractivity contribution in [3.63, 3.8) is 0 Å². The predicted molar refractivity (Wildman–Crippen MR) is 78.9 cm³/mol. The van der Waals surface area contributed by atoms with Gasteiger partial charge in [0.25, 0.3) is 0 Å². The van der Waals surface area contributed by atoms with E-state index >= 15 is 0 Å². The van der Waals surface area contributed by atoms with Gasteiger partial charge in [-0.2, -0.15) is 0 Å². The molecule has 0 aromatic rings. The number of hydrogen-bond donors (Lipinski definition) is 1. The molecule has 1 aliphatic heterocycles. The fourth-order valence-electron chi connectivity index (χ4n) is 3.53. The van der Waals surface area contributed by atoms with E-state index in [1.807, 2.05) is 0 Å². The maximum Gasteiger partial charge on any atom is 0.151 e. The van der Waals surface area contributed by atoms with Crippen molar-refractivity contribution in [3.05, 3.63) is 0 Å². The minimum Gasteiger partial charge on any atom is -0.330 e. The first-order valence-electron chi connectivity index (χ1n) is 7.68. The fraction of sp³-hybridized carbons (Fsp3) is 1.00. The molecule has 0 radical (unpaired) electrons. The van der Waals surface area contributed by atoms with E-state index in [0.29, 0.717) is 18.1 Å². The zero-order valence-electron chi connectivity index (χ0n) is 11.9. The van der Waals surface area contributed by atoms with Gasteiger partial charge in [-0.25, -0.2) is 8.42 Å². The highest BCUT2D eigenvalue weighted by molar-refractivity contribution is 7.91. The smallest absolute Gasteiger partial charge is 0.151 e. The molecule has 2 aliphatic rings. The molecule has 2 rings (SSSR count). The first-order valence-corrected chi connectivity index (χ1v) is 9.50. The van der Waals surface area contributed by atoms with Gasteiger partial charge in [0.15, 0.2) is 9.84 Å². The Morgan fingerprint density at radius 2 is 1.63 bits per heavy atom. The van der Waals surface area contributed by atoms with Crippen LogP contribution in [-0.2, 0) is 9.84 Å². The largest absolute Gasteiger partial charge is 0.330 e. The molecule has 0 atom stereocenters. The van der Waals surface area contributed by atoms with Crippen LogP contribution in [0, 0.1) is 5.41 Å². The second kappa shape index (κ2) is 6.55. The quantitative estimate of drug-likeness (QED) is 0.798. The Kier molecular flexibility index (Phi) is 5.26. The highest BCUT2D eigenvalue weighted by Gasteiger charge is 2.32. The minimum absolute atomic E-state index is 0.241. The summed E-state index contributed by atoms with van der Waals surface area (Å²) in [5, 5.41) is 0. The monoisotopic (exact) mass is 288 g/mol. The van der Waals surface area contributed by atoms with Crippen LogP contribution in [0.1, 0.15) is 44.9 Å². The van der Waals surface area contributed by atoms with Crippen LogP contribution >= 0.6 is 0 Å². The molecule has 112 valence electrons. The van der Waals surface area contributed by atoms with Crippen molar-refractivity contribution in [3.8, 4) is 0 Å². The maximum absolute atomic E-state index is 11.7. The van der Waals surface area contributed by atoms with Gasteiger partial charge in [-0.05, 0) is 37.8 Å². The van der Waals surface area contributed by atoms with Crippen molar-refractivity contribution in [2.75, 3.05) is 37.7 Å². The maximum atomic E-state index is 11.7. The van der Waals surface area contributed by atoms with Crippen molar-refractivity contribution in [1.29, 1.82) is 0 Å². The van der Waals surface area contributed by atoms with Gasteiger partial charge >= 0.3 is 0 Å². The number of sulfone groups is 1. The highest BCUT2D eigenvalue weighted by atomic mass is 32.2. The third-order valence-electron chi connectivity index (χ3n) is 4.80. The van der Waals surface area contributed by atoms with Crippen LogP contribution in [0.4, 0.5) is 0 Å². The van der Waals surface area contributed by atoms with E-state index < -0.39 is 9.84 Å². The number of rotatable bonds is 3. The zero-order chi connectivity index (χ0) is 13.8. The first-order chi connectivity index (χ1) is 9.05. The van der Waals surface area contributed by atoms with E-state index in [0.717, 1.165) is 26.1 Å². The molecule has 0 spiro atoms. The van der Waals surface area contributed by atoms with Crippen molar-refractivity contribution in [1.82, 2.24) is 4.90 Å². The van der Waals surface area contributed by atoms with E-state index in [9.17, 15) is 8.42 Å². The molecule has 1 heterocycles. The molecule has 1 aliphatic carbocycles. The summed E-state index contributed by atoms with van der Waals surface area (Å²) in [7, 11) is -2.80. The third kappa shape index (κ3) is 4.43. The lowest BCUT2D eigenvalue weighted by atomic mass is 9.80. The highest BCUT2D eigenvalue weighted by Crippen LogP contribution is 2.35. The van der Waals surface area contributed by atoms with Crippen molar-refractivity contribution in [2.45, 2.75) is 44.9 Å². The molecule has 0 bridgehead atoms. The van der Waals surface area contributed by atoms with Crippen LogP contribution in [0.2, 0.25) is 0 Å². The van der Waals surface area contributed by atoms with Gasteiger partial charge in [-0.1, -0.05) is 25.7 Å². The lowest BCUT2D eigenvalue weighted by Gasteiger charge is -2.36. The Hall–Kier alpha value is -0.130. The van der Waals surface area contributed by atoms with E-state index in [-0.39, 0.29) is 5.41 Å². The summed E-state index contributed by atoms with van der Waals surface area (Å²) in [5.41, 5.74) is 6.31. The average molecular weight is 288 g/mol. The van der Waals surface area contributed by atoms with Crippen molar-refractivity contribution >= 4 is 9.84 Å². The molecule has 0 amide bonds. The molecular weight excluding hydrogens is 260 g/mol. The predicted octanol–water partition coefficient (Wildman–Crippen LogP) is 1.41. The molecule has 2 N–H and O–H groups in total. The third-order valence-corrected chi connectivity index (χ3v) is 6.52. The van der Waals surface area contributed by atoms with E-state index in [1.165, 1.54) is 38.5 Å². The van der Waals surface area contributed by atoms with Crippen LogP contribution in [0.15, 0.2) is 0 Å². The lowest BCUT2D eigenvalue weighted by Crippen LogP contribution is -2.43. The van der Waals surface area contributed by atoms with Crippen LogP contribution in [0.3, 0.4) is 0 Å². The average Bonchev–Trinajstić information content (AvgIpc) is 2.70. The van der Waals surface area contributed by atoms with Gasteiger partial charge in [0.05, 0.1) is 11.5 Å². The number of nitrogens with two attached hydrogens (primary N) is 1. The van der Waals surface area contributed by atoms with Gasteiger partial charge in [0.2, 0.25) is 0 Å². The Balaban J connectivity index is 1.97. The van der Waals surface area contributed by atoms with Crippen LogP contribution in [-0.4, -0.2) is 51.0 Å². The standard InChI is InChI=1S/C14H28N2O2S/c15-12-14(6-3-1-2-4-7-14)13-16-8-5-10-19(17,18)11-9-16/h1-13,15H2. The van der Waals surface area contributed by atoms with Gasteiger partial charge in [0, 0.05) is 13.1 Å². The topological polar surface area (TPSA) is 63.4 Å². The van der Waals surface area contributed by atoms with E-state index in [1.54, 1.807) is 0 Å². The summed E-state index contributed by atoms with van der Waals surface area (Å²) in [6, 6.07) is 0. The Bertz CT molecular complexity index is 373. The number of nitrogens with zero attached hydrogens (tertiary/aromatic N) is 1. The normalized spacial score (nSPS) is 28.5. The summed E-state index contributed by atoms with van der Waals surface area (Å²) in [6.45, 7) is 3.36. The minimum atomic E-state index is -2.80. The summed E-state index contributed by atoms with van der Waals surface area (Å²) in [4.78, 5) is 2.35. The van der Waals surface area contributed by atoms with Gasteiger partial charge in [-0.15, -0.1) is 0 Å². The number of hydrogen-bond acceptors (Lipinski definition) is 4. The summed E-state index contributed by atoms with van der Waals surface area (Å²) in [6.07, 6.45) is 8.43. The molecule has 2 fully saturated rings. The Labute approximate surface area is 117 Å². The second-order valence-electron chi connectivity index (χ2n) is 6.40. The summed E-state index contributed by atoms with van der Waals surface area (Å²) in [5.74, 6) is 0.687. The van der Waals surface area contributed by atoms with Crippen LogP contribution < -0.4 is 5.73 Å². The Morgan fingerprint density at radius 1 is 0.947 bits per heavy atom. The molecule has 19 heavy (non-hydrogen) atoms. The van der Waals surface area contributed by atoms with Crippen molar-refractivity contribution < 1.29 is 8.42 Å². The van der Waals surface area contributed by atoms with E-state index in [4.69, 9.17) is 5.73 Å². The zero-order valence-corrected chi connectivity index (χ0v) is 12.8. The molecule has 4 nitrogen and oxygen atoms in total. The summed E-state index contributed by atoms with van der Waals surface area (Å²) < 4.78 is 23.3. The molecule has 0 unspecified atom stereocenters. The molecular formula is C14H28N2O2S. The van der Waals surface area contributed by atoms with E-state index in [2.05, 4.69) is 4.90 Å². The molecule has 0 aromatic heterocycles. The van der Waals surface area contributed by atoms with Gasteiger partial charge < -0.3 is 10.6 Å². The SMILES string of the molecule is NCC1(CN2CCCS(=O)(=O)CC2)CCCCCC1. The van der Waals surface area contributed by atoms with Crippen molar-refractivity contribution in [2.24, 2.45) is 11.1 Å². The van der Waals surface area contributed by atoms with Crippen LogP contribution in [0.5, 0.6) is 0 Å². The molecule has 1 saturated heterocycles. The second-order valence-corrected chi connectivity index (χ2v) is 8.70.